The number of hydrogen-bond acceptors (Lipinski definition) is 4. The van der Waals surface area contributed by atoms with Crippen molar-refractivity contribution >= 4 is 27.5 Å². The lowest BCUT2D eigenvalue weighted by atomic mass is 10.5. The third-order valence-corrected chi connectivity index (χ3v) is 4.15. The molecule has 0 fully saturated rings. The first-order chi connectivity index (χ1) is 7.87. The van der Waals surface area contributed by atoms with Gasteiger partial charge >= 0.3 is 0 Å². The summed E-state index contributed by atoms with van der Waals surface area (Å²) in [5.41, 5.74) is 4.99. The average Bonchev–Trinajstić information content (AvgIpc) is 2.26. The highest BCUT2D eigenvalue weighted by molar-refractivity contribution is 7.89. The quantitative estimate of drug-likeness (QED) is 0.780. The Balaban J connectivity index is 3.08. The number of halogens is 1. The number of pyridine rings is 1. The van der Waals surface area contributed by atoms with E-state index in [4.69, 9.17) is 17.3 Å². The number of amides is 1. The van der Waals surface area contributed by atoms with Gasteiger partial charge in [-0.2, -0.15) is 4.31 Å². The summed E-state index contributed by atoms with van der Waals surface area (Å²) in [4.78, 5) is 14.4. The first-order valence-electron chi connectivity index (χ1n) is 4.78. The zero-order chi connectivity index (χ0) is 13.1. The van der Waals surface area contributed by atoms with Crippen LogP contribution in [0.3, 0.4) is 0 Å². The molecule has 1 amide bonds. The second-order valence-corrected chi connectivity index (χ2v) is 5.54. The molecule has 1 aromatic heterocycles. The maximum Gasteiger partial charge on any atom is 0.245 e. The lowest BCUT2D eigenvalue weighted by Gasteiger charge is -2.18. The van der Waals surface area contributed by atoms with Crippen LogP contribution in [0.5, 0.6) is 0 Å². The second kappa shape index (κ2) is 5.44. The third kappa shape index (κ3) is 3.39. The number of nitrogens with zero attached hydrogens (tertiary/aromatic N) is 2. The lowest BCUT2D eigenvalue weighted by Crippen LogP contribution is -2.38. The van der Waals surface area contributed by atoms with Gasteiger partial charge < -0.3 is 5.73 Å². The minimum Gasteiger partial charge on any atom is -0.369 e. The molecule has 0 aliphatic carbocycles. The zero-order valence-electron chi connectivity index (χ0n) is 9.13. The first-order valence-corrected chi connectivity index (χ1v) is 6.59. The SMILES string of the molecule is CCN(CC(N)=O)S(=O)(=O)c1ccc(Cl)nc1. The van der Waals surface area contributed by atoms with E-state index in [0.29, 0.717) is 0 Å². The van der Waals surface area contributed by atoms with Crippen molar-refractivity contribution in [3.8, 4) is 0 Å². The van der Waals surface area contributed by atoms with Crippen molar-refractivity contribution in [2.45, 2.75) is 11.8 Å². The van der Waals surface area contributed by atoms with Crippen molar-refractivity contribution < 1.29 is 13.2 Å². The molecule has 0 atom stereocenters. The highest BCUT2D eigenvalue weighted by Crippen LogP contribution is 2.15. The van der Waals surface area contributed by atoms with E-state index in [2.05, 4.69) is 4.98 Å². The van der Waals surface area contributed by atoms with Gasteiger partial charge in [-0.05, 0) is 12.1 Å². The summed E-state index contributed by atoms with van der Waals surface area (Å²) >= 11 is 5.57. The lowest BCUT2D eigenvalue weighted by molar-refractivity contribution is -0.118. The fourth-order valence-electron chi connectivity index (χ4n) is 1.20. The van der Waals surface area contributed by atoms with Gasteiger partial charge in [-0.15, -0.1) is 0 Å². The Kier molecular flexibility index (Phi) is 4.44. The molecule has 0 spiro atoms. The van der Waals surface area contributed by atoms with Gasteiger partial charge in [0.15, 0.2) is 0 Å². The Morgan fingerprint density at radius 2 is 2.18 bits per heavy atom. The smallest absolute Gasteiger partial charge is 0.245 e. The first kappa shape index (κ1) is 13.9. The molecule has 0 radical (unpaired) electrons. The molecule has 8 heteroatoms. The summed E-state index contributed by atoms with van der Waals surface area (Å²) in [5, 5.41) is 0.196. The maximum atomic E-state index is 12.0. The number of primary amides is 1. The van der Waals surface area contributed by atoms with E-state index in [1.165, 1.54) is 12.1 Å². The van der Waals surface area contributed by atoms with E-state index < -0.39 is 15.9 Å². The molecule has 0 saturated carbocycles. The van der Waals surface area contributed by atoms with Crippen LogP contribution in [0, 0.1) is 0 Å². The Hall–Kier alpha value is -1.18. The van der Waals surface area contributed by atoms with Crippen LogP contribution < -0.4 is 5.73 Å². The number of hydrogen-bond donors (Lipinski definition) is 1. The molecular weight excluding hydrogens is 266 g/mol. The number of carbonyl (C=O) groups is 1. The molecule has 1 rings (SSSR count). The number of sulfonamides is 1. The van der Waals surface area contributed by atoms with Crippen LogP contribution in [0.15, 0.2) is 23.2 Å². The minimum atomic E-state index is -3.75. The number of carbonyl (C=O) groups excluding carboxylic acids is 1. The summed E-state index contributed by atoms with van der Waals surface area (Å²) in [6, 6.07) is 2.70. The number of likely N-dealkylation sites (N-methyl/N-ethyl adjacent to an activating group) is 1. The molecule has 1 heterocycles. The summed E-state index contributed by atoms with van der Waals surface area (Å²) < 4.78 is 25.1. The monoisotopic (exact) mass is 277 g/mol. The molecule has 0 unspecified atom stereocenters. The predicted octanol–water partition coefficient (Wildman–Crippen LogP) is 0.231. The van der Waals surface area contributed by atoms with Gasteiger partial charge in [-0.25, -0.2) is 13.4 Å². The topological polar surface area (TPSA) is 93.4 Å². The Bertz CT molecular complexity index is 501. The van der Waals surface area contributed by atoms with Crippen molar-refractivity contribution in [1.29, 1.82) is 0 Å². The summed E-state index contributed by atoms with van der Waals surface area (Å²) in [5.74, 6) is -0.711. The number of aromatic nitrogens is 1. The zero-order valence-corrected chi connectivity index (χ0v) is 10.7. The van der Waals surface area contributed by atoms with Crippen LogP contribution in [0.4, 0.5) is 0 Å². The van der Waals surface area contributed by atoms with Gasteiger partial charge in [-0.3, -0.25) is 4.79 Å². The van der Waals surface area contributed by atoms with Crippen LogP contribution in [0.2, 0.25) is 5.15 Å². The van der Waals surface area contributed by atoms with Crippen LogP contribution in [-0.2, 0) is 14.8 Å². The molecule has 6 nitrogen and oxygen atoms in total. The van der Waals surface area contributed by atoms with E-state index in [9.17, 15) is 13.2 Å². The molecule has 94 valence electrons. The third-order valence-electron chi connectivity index (χ3n) is 2.02. The molecule has 2 N–H and O–H groups in total. The van der Waals surface area contributed by atoms with Crippen LogP contribution >= 0.6 is 11.6 Å². The fourth-order valence-corrected chi connectivity index (χ4v) is 2.68. The van der Waals surface area contributed by atoms with E-state index in [0.717, 1.165) is 10.5 Å². The molecular formula is C9H12ClN3O3S. The van der Waals surface area contributed by atoms with Crippen LogP contribution in [-0.4, -0.2) is 36.7 Å². The van der Waals surface area contributed by atoms with Crippen molar-refractivity contribution in [3.63, 3.8) is 0 Å². The number of rotatable bonds is 5. The molecule has 17 heavy (non-hydrogen) atoms. The summed E-state index contributed by atoms with van der Waals surface area (Å²) in [6.45, 7) is 1.40. The van der Waals surface area contributed by atoms with E-state index in [1.807, 2.05) is 0 Å². The number of nitrogens with two attached hydrogens (primary N) is 1. The maximum absolute atomic E-state index is 12.0. The normalized spacial score (nSPS) is 11.7. The van der Waals surface area contributed by atoms with E-state index in [-0.39, 0.29) is 23.1 Å². The van der Waals surface area contributed by atoms with Crippen molar-refractivity contribution in [3.05, 3.63) is 23.5 Å². The molecule has 0 aliphatic rings. The Morgan fingerprint density at radius 1 is 1.53 bits per heavy atom. The van der Waals surface area contributed by atoms with Crippen molar-refractivity contribution in [2.24, 2.45) is 5.73 Å². The summed E-state index contributed by atoms with van der Waals surface area (Å²) in [7, 11) is -3.75. The minimum absolute atomic E-state index is 0.0231. The predicted molar refractivity (Wildman–Crippen MR) is 62.9 cm³/mol. The second-order valence-electron chi connectivity index (χ2n) is 3.21. The molecule has 0 aliphatic heterocycles. The van der Waals surface area contributed by atoms with Crippen molar-refractivity contribution in [1.82, 2.24) is 9.29 Å². The van der Waals surface area contributed by atoms with E-state index >= 15 is 0 Å². The van der Waals surface area contributed by atoms with Gasteiger partial charge in [0.05, 0.1) is 6.54 Å². The van der Waals surface area contributed by atoms with Gasteiger partial charge in [0.25, 0.3) is 0 Å². The average molecular weight is 278 g/mol. The van der Waals surface area contributed by atoms with Gasteiger partial charge in [-0.1, -0.05) is 18.5 Å². The van der Waals surface area contributed by atoms with Crippen molar-refractivity contribution in [2.75, 3.05) is 13.1 Å². The Labute approximate surface area is 104 Å². The van der Waals surface area contributed by atoms with Crippen LogP contribution in [0.1, 0.15) is 6.92 Å². The molecule has 0 saturated heterocycles. The highest BCUT2D eigenvalue weighted by Gasteiger charge is 2.24. The van der Waals surface area contributed by atoms with Gasteiger partial charge in [0.1, 0.15) is 10.0 Å². The standard InChI is InChI=1S/C9H12ClN3O3S/c1-2-13(6-9(11)14)17(15,16)7-3-4-8(10)12-5-7/h3-5H,2,6H2,1H3,(H2,11,14). The molecule has 1 aromatic rings. The highest BCUT2D eigenvalue weighted by atomic mass is 35.5. The van der Waals surface area contributed by atoms with Crippen LogP contribution in [0.25, 0.3) is 0 Å². The molecule has 0 aromatic carbocycles. The van der Waals surface area contributed by atoms with E-state index in [1.54, 1.807) is 6.92 Å². The van der Waals surface area contributed by atoms with Gasteiger partial charge in [0, 0.05) is 12.7 Å². The molecule has 0 bridgehead atoms. The largest absolute Gasteiger partial charge is 0.369 e. The summed E-state index contributed by atoms with van der Waals surface area (Å²) in [6.07, 6.45) is 1.14. The Morgan fingerprint density at radius 3 is 2.59 bits per heavy atom. The fraction of sp³-hybridized carbons (Fsp3) is 0.333. The van der Waals surface area contributed by atoms with Gasteiger partial charge in [0.2, 0.25) is 15.9 Å².